The molecule has 3 aromatic rings. The van der Waals surface area contributed by atoms with E-state index < -0.39 is 5.91 Å². The fourth-order valence-corrected chi connectivity index (χ4v) is 1.81. The molecule has 8 nitrogen and oxygen atoms in total. The van der Waals surface area contributed by atoms with Crippen molar-refractivity contribution in [2.24, 2.45) is 0 Å². The Morgan fingerprint density at radius 2 is 2.20 bits per heavy atom. The fourth-order valence-electron chi connectivity index (χ4n) is 1.57. The van der Waals surface area contributed by atoms with Gasteiger partial charge >= 0.3 is 0 Å². The molecule has 100 valence electrons. The minimum Gasteiger partial charge on any atom is -0.288 e. The van der Waals surface area contributed by atoms with E-state index in [-0.39, 0.29) is 16.9 Å². The Morgan fingerprint density at radius 1 is 1.35 bits per heavy atom. The zero-order valence-electron chi connectivity index (χ0n) is 10.3. The first-order valence-corrected chi connectivity index (χ1v) is 5.99. The normalized spacial score (nSPS) is 10.7. The zero-order chi connectivity index (χ0) is 14.1. The summed E-state index contributed by atoms with van der Waals surface area (Å²) < 4.78 is 1.40. The van der Waals surface area contributed by atoms with E-state index in [1.165, 1.54) is 4.52 Å². The van der Waals surface area contributed by atoms with Crippen molar-refractivity contribution in [3.63, 3.8) is 0 Å². The molecule has 0 saturated carbocycles. The van der Waals surface area contributed by atoms with Gasteiger partial charge in [0.05, 0.1) is 0 Å². The molecule has 1 amide bonds. The second-order valence-electron chi connectivity index (χ2n) is 3.91. The van der Waals surface area contributed by atoms with Crippen molar-refractivity contribution in [1.82, 2.24) is 29.5 Å². The predicted molar refractivity (Wildman–Crippen MR) is 70.5 cm³/mol. The number of rotatable bonds is 2. The molecule has 0 aliphatic rings. The van der Waals surface area contributed by atoms with Crippen LogP contribution < -0.4 is 5.32 Å². The lowest BCUT2D eigenvalue weighted by molar-refractivity contribution is 0.101. The predicted octanol–water partition coefficient (Wildman–Crippen LogP) is 1.13. The van der Waals surface area contributed by atoms with Crippen molar-refractivity contribution in [3.8, 4) is 0 Å². The Hall–Kier alpha value is -2.61. The maximum absolute atomic E-state index is 12.0. The van der Waals surface area contributed by atoms with Gasteiger partial charge in [-0.15, -0.1) is 5.10 Å². The van der Waals surface area contributed by atoms with Gasteiger partial charge < -0.3 is 0 Å². The first kappa shape index (κ1) is 12.4. The monoisotopic (exact) mass is 289 g/mol. The van der Waals surface area contributed by atoms with Gasteiger partial charge in [0.1, 0.15) is 5.15 Å². The Labute approximate surface area is 117 Å². The number of aryl methyl sites for hydroxylation is 1. The summed E-state index contributed by atoms with van der Waals surface area (Å²) in [7, 11) is 0. The first-order chi connectivity index (χ1) is 9.61. The average molecular weight is 290 g/mol. The molecule has 0 aliphatic heterocycles. The highest BCUT2D eigenvalue weighted by Crippen LogP contribution is 2.10. The van der Waals surface area contributed by atoms with Crippen molar-refractivity contribution in [2.75, 3.05) is 5.32 Å². The summed E-state index contributed by atoms with van der Waals surface area (Å²) >= 11 is 5.80. The van der Waals surface area contributed by atoms with Crippen molar-refractivity contribution < 1.29 is 4.79 Å². The van der Waals surface area contributed by atoms with Crippen molar-refractivity contribution in [1.29, 1.82) is 0 Å². The Balaban J connectivity index is 1.88. The first-order valence-electron chi connectivity index (χ1n) is 5.62. The third-order valence-corrected chi connectivity index (χ3v) is 2.56. The number of hydrogen-bond donors (Lipinski definition) is 1. The average Bonchev–Trinajstić information content (AvgIpc) is 2.81. The van der Waals surface area contributed by atoms with E-state index in [0.717, 1.165) is 0 Å². The van der Waals surface area contributed by atoms with Gasteiger partial charge in [0, 0.05) is 18.1 Å². The van der Waals surface area contributed by atoms with E-state index in [1.807, 2.05) is 0 Å². The number of carbonyl (C=O) groups is 1. The van der Waals surface area contributed by atoms with Gasteiger partial charge in [0.25, 0.3) is 11.7 Å². The van der Waals surface area contributed by atoms with E-state index in [2.05, 4.69) is 30.4 Å². The number of aromatic nitrogens is 6. The SMILES string of the molecule is Cc1cc(Cl)nc(NC(=O)c2nc3ncccn3n2)n1. The lowest BCUT2D eigenvalue weighted by Gasteiger charge is -2.02. The second kappa shape index (κ2) is 4.82. The molecule has 0 aliphatic carbocycles. The van der Waals surface area contributed by atoms with Crippen LogP contribution in [0.4, 0.5) is 5.95 Å². The van der Waals surface area contributed by atoms with Crippen LogP contribution in [0.15, 0.2) is 24.5 Å². The quantitative estimate of drug-likeness (QED) is 0.710. The van der Waals surface area contributed by atoms with E-state index in [9.17, 15) is 4.79 Å². The number of nitrogens with one attached hydrogen (secondary N) is 1. The fraction of sp³-hybridized carbons (Fsp3) is 0.0909. The molecule has 3 heterocycles. The standard InChI is InChI=1S/C11H8ClN7O/c1-6-5-7(12)15-10(14-6)17-9(20)8-16-11-13-3-2-4-19(11)18-8/h2-5H,1H3,(H,14,15,17,20). The highest BCUT2D eigenvalue weighted by molar-refractivity contribution is 6.29. The van der Waals surface area contributed by atoms with Gasteiger partial charge in [-0.05, 0) is 19.1 Å². The van der Waals surface area contributed by atoms with Crippen molar-refractivity contribution in [2.45, 2.75) is 6.92 Å². The summed E-state index contributed by atoms with van der Waals surface area (Å²) in [5.74, 6) is -0.116. The largest absolute Gasteiger partial charge is 0.297 e. The van der Waals surface area contributed by atoms with E-state index >= 15 is 0 Å². The Morgan fingerprint density at radius 3 is 2.95 bits per heavy atom. The lowest BCUT2D eigenvalue weighted by atomic mass is 10.4. The van der Waals surface area contributed by atoms with Crippen LogP contribution in [-0.4, -0.2) is 35.5 Å². The van der Waals surface area contributed by atoms with Gasteiger partial charge in [-0.3, -0.25) is 10.1 Å². The van der Waals surface area contributed by atoms with Crippen LogP contribution in [0.2, 0.25) is 5.15 Å². The molecule has 0 atom stereocenters. The maximum Gasteiger partial charge on any atom is 0.297 e. The number of carbonyl (C=O) groups excluding carboxylic acids is 1. The smallest absolute Gasteiger partial charge is 0.288 e. The van der Waals surface area contributed by atoms with Crippen molar-refractivity contribution in [3.05, 3.63) is 41.2 Å². The van der Waals surface area contributed by atoms with E-state index in [0.29, 0.717) is 11.5 Å². The van der Waals surface area contributed by atoms with Crippen LogP contribution in [-0.2, 0) is 0 Å². The summed E-state index contributed by atoms with van der Waals surface area (Å²) in [5, 5.41) is 6.73. The number of anilines is 1. The number of halogens is 1. The molecule has 0 spiro atoms. The van der Waals surface area contributed by atoms with Crippen LogP contribution in [0.3, 0.4) is 0 Å². The van der Waals surface area contributed by atoms with Gasteiger partial charge in [-0.2, -0.15) is 4.98 Å². The molecule has 0 aromatic carbocycles. The summed E-state index contributed by atoms with van der Waals surface area (Å²) in [6.07, 6.45) is 3.21. The molecular formula is C11H8ClN7O. The topological polar surface area (TPSA) is 98.0 Å². The lowest BCUT2D eigenvalue weighted by Crippen LogP contribution is -2.16. The minimum atomic E-state index is -0.530. The Kier molecular flexibility index (Phi) is 2.99. The molecular weight excluding hydrogens is 282 g/mol. The van der Waals surface area contributed by atoms with E-state index in [1.54, 1.807) is 31.5 Å². The summed E-state index contributed by atoms with van der Waals surface area (Å²) in [5.41, 5.74) is 0.643. The second-order valence-corrected chi connectivity index (χ2v) is 4.30. The number of hydrogen-bond acceptors (Lipinski definition) is 6. The van der Waals surface area contributed by atoms with Gasteiger partial charge in [-0.1, -0.05) is 11.6 Å². The summed E-state index contributed by atoms with van der Waals surface area (Å²) in [6.45, 7) is 1.75. The van der Waals surface area contributed by atoms with Crippen LogP contribution in [0.1, 0.15) is 16.3 Å². The summed E-state index contributed by atoms with van der Waals surface area (Å²) in [6, 6.07) is 3.27. The van der Waals surface area contributed by atoms with Crippen LogP contribution in [0.25, 0.3) is 5.78 Å². The Bertz CT molecular complexity index is 747. The summed E-state index contributed by atoms with van der Waals surface area (Å²) in [4.78, 5) is 27.9. The van der Waals surface area contributed by atoms with Gasteiger partial charge in [0.2, 0.25) is 11.8 Å². The number of amides is 1. The zero-order valence-corrected chi connectivity index (χ0v) is 11.0. The highest BCUT2D eigenvalue weighted by Gasteiger charge is 2.15. The van der Waals surface area contributed by atoms with Crippen LogP contribution in [0.5, 0.6) is 0 Å². The third kappa shape index (κ3) is 2.41. The highest BCUT2D eigenvalue weighted by atomic mass is 35.5. The molecule has 0 saturated heterocycles. The van der Waals surface area contributed by atoms with E-state index in [4.69, 9.17) is 11.6 Å². The molecule has 0 unspecified atom stereocenters. The molecule has 0 bridgehead atoms. The molecule has 1 N–H and O–H groups in total. The minimum absolute atomic E-state index is 0.0232. The maximum atomic E-state index is 12.0. The number of nitrogens with zero attached hydrogens (tertiary/aromatic N) is 6. The third-order valence-electron chi connectivity index (χ3n) is 2.37. The molecule has 0 radical (unpaired) electrons. The molecule has 3 rings (SSSR count). The van der Waals surface area contributed by atoms with Gasteiger partial charge in [-0.25, -0.2) is 19.5 Å². The molecule has 3 aromatic heterocycles. The molecule has 0 fully saturated rings. The molecule has 20 heavy (non-hydrogen) atoms. The van der Waals surface area contributed by atoms with Crippen LogP contribution >= 0.6 is 11.6 Å². The van der Waals surface area contributed by atoms with Crippen LogP contribution in [0, 0.1) is 6.92 Å². The van der Waals surface area contributed by atoms with Crippen molar-refractivity contribution >= 4 is 29.2 Å². The number of fused-ring (bicyclic) bond motifs is 1. The van der Waals surface area contributed by atoms with Gasteiger partial charge in [0.15, 0.2) is 0 Å². The molecule has 9 heteroatoms.